The van der Waals surface area contributed by atoms with Crippen LogP contribution in [0.15, 0.2) is 27.6 Å². The number of hydrogen-bond donors (Lipinski definition) is 2. The van der Waals surface area contributed by atoms with E-state index in [9.17, 15) is 22.8 Å². The Kier molecular flexibility index (Phi) is 7.62. The zero-order valence-corrected chi connectivity index (χ0v) is 19.5. The zero-order chi connectivity index (χ0) is 22.6. The first-order valence-electron chi connectivity index (χ1n) is 9.56. The molecule has 1 unspecified atom stereocenters. The third-order valence-electron chi connectivity index (χ3n) is 4.62. The lowest BCUT2D eigenvalue weighted by Crippen LogP contribution is -2.50. The fraction of sp³-hybridized carbons (Fsp3) is 0.500. The molecule has 3 rings (SSSR count). The molecule has 3 heterocycles. The van der Waals surface area contributed by atoms with Crippen molar-refractivity contribution in [3.8, 4) is 0 Å². The maximum atomic E-state index is 13.0. The number of urea groups is 1. The van der Waals surface area contributed by atoms with E-state index in [-0.39, 0.29) is 27.6 Å². The third kappa shape index (κ3) is 5.22. The van der Waals surface area contributed by atoms with Crippen LogP contribution in [0.2, 0.25) is 0 Å². The van der Waals surface area contributed by atoms with E-state index in [1.165, 1.54) is 15.8 Å². The highest BCUT2D eigenvalue weighted by Gasteiger charge is 2.33. The van der Waals surface area contributed by atoms with Crippen molar-refractivity contribution >= 4 is 51.1 Å². The molecule has 2 aliphatic rings. The van der Waals surface area contributed by atoms with Crippen LogP contribution in [0.4, 0.5) is 4.79 Å². The number of esters is 2. The normalized spacial score (nSPS) is 20.1. The summed E-state index contributed by atoms with van der Waals surface area (Å²) >= 11 is 2.63. The van der Waals surface area contributed by atoms with Crippen molar-refractivity contribution in [2.45, 2.75) is 24.8 Å². The largest absolute Gasteiger partial charge is 0.463 e. The molecule has 170 valence electrons. The number of carbonyl (C=O) groups excluding carboxylic acids is 3. The van der Waals surface area contributed by atoms with Crippen LogP contribution in [0.3, 0.4) is 0 Å². The number of carbonyl (C=O) groups is 3. The van der Waals surface area contributed by atoms with Crippen molar-refractivity contribution in [1.82, 2.24) is 14.9 Å². The minimum absolute atomic E-state index is 0.0511. The van der Waals surface area contributed by atoms with Crippen LogP contribution in [0.25, 0.3) is 0 Å². The quantitative estimate of drug-likeness (QED) is 0.546. The lowest BCUT2D eigenvalue weighted by atomic mass is 10.0. The van der Waals surface area contributed by atoms with Crippen LogP contribution in [0.1, 0.15) is 23.5 Å². The summed E-state index contributed by atoms with van der Waals surface area (Å²) in [7, 11) is -3.82. The third-order valence-corrected chi connectivity index (χ3v) is 8.52. The van der Waals surface area contributed by atoms with Gasteiger partial charge in [0.2, 0.25) is 10.0 Å². The Balaban J connectivity index is 1.79. The van der Waals surface area contributed by atoms with Gasteiger partial charge in [-0.3, -0.25) is 0 Å². The Morgan fingerprint density at radius 2 is 1.94 bits per heavy atom. The van der Waals surface area contributed by atoms with Crippen molar-refractivity contribution in [1.29, 1.82) is 0 Å². The number of nitrogens with zero attached hydrogens (tertiary/aromatic N) is 1. The van der Waals surface area contributed by atoms with Crippen molar-refractivity contribution in [2.24, 2.45) is 0 Å². The minimum Gasteiger partial charge on any atom is -0.463 e. The molecule has 2 N–H and O–H groups in total. The van der Waals surface area contributed by atoms with E-state index in [4.69, 9.17) is 9.47 Å². The second kappa shape index (κ2) is 10.0. The van der Waals surface area contributed by atoms with E-state index in [1.807, 2.05) is 0 Å². The molecule has 0 aliphatic carbocycles. The van der Waals surface area contributed by atoms with E-state index in [1.54, 1.807) is 25.6 Å². The maximum absolute atomic E-state index is 13.0. The molecule has 1 saturated heterocycles. The molecule has 1 atom stereocenters. The molecule has 2 amide bonds. The van der Waals surface area contributed by atoms with Crippen LogP contribution < -0.4 is 10.6 Å². The van der Waals surface area contributed by atoms with Gasteiger partial charge in [-0.25, -0.2) is 22.8 Å². The Morgan fingerprint density at radius 1 is 1.23 bits per heavy atom. The Bertz CT molecular complexity index is 997. The summed E-state index contributed by atoms with van der Waals surface area (Å²) in [6, 6.07) is 0.195. The Hall–Kier alpha value is -2.09. The minimum atomic E-state index is -3.82. The predicted octanol–water partition coefficient (Wildman–Crippen LogP) is 1.16. The van der Waals surface area contributed by atoms with E-state index >= 15 is 0 Å². The van der Waals surface area contributed by atoms with Gasteiger partial charge in [-0.15, -0.1) is 11.3 Å². The molecule has 0 aromatic carbocycles. The molecule has 13 heteroatoms. The van der Waals surface area contributed by atoms with E-state index in [2.05, 4.69) is 10.6 Å². The fourth-order valence-corrected chi connectivity index (χ4v) is 7.03. The zero-order valence-electron chi connectivity index (χ0n) is 17.0. The number of nitrogens with one attached hydrogen (secondary N) is 2. The summed E-state index contributed by atoms with van der Waals surface area (Å²) in [5.74, 6) is -0.105. The van der Waals surface area contributed by atoms with Gasteiger partial charge in [-0.2, -0.15) is 16.1 Å². The average molecular weight is 490 g/mol. The summed E-state index contributed by atoms with van der Waals surface area (Å²) in [4.78, 5) is 36.6. The van der Waals surface area contributed by atoms with Crippen LogP contribution in [0.5, 0.6) is 0 Å². The van der Waals surface area contributed by atoms with Crippen LogP contribution in [-0.4, -0.2) is 74.5 Å². The van der Waals surface area contributed by atoms with Crippen molar-refractivity contribution < 1.29 is 32.3 Å². The van der Waals surface area contributed by atoms with E-state index < -0.39 is 40.6 Å². The summed E-state index contributed by atoms with van der Waals surface area (Å²) < 4.78 is 37.6. The SMILES string of the molecule is CCOC(=O)C1=C(COC(=O)c2sccc2S(=O)(=O)N2CCSCC2)NC(=O)NC1C. The van der Waals surface area contributed by atoms with Gasteiger partial charge in [0, 0.05) is 24.6 Å². The highest BCUT2D eigenvalue weighted by molar-refractivity contribution is 7.99. The van der Waals surface area contributed by atoms with Gasteiger partial charge in [0.15, 0.2) is 0 Å². The number of thioether (sulfide) groups is 1. The van der Waals surface area contributed by atoms with Crippen LogP contribution in [0, 0.1) is 0 Å². The van der Waals surface area contributed by atoms with E-state index in [0.29, 0.717) is 24.6 Å². The van der Waals surface area contributed by atoms with Crippen LogP contribution >= 0.6 is 23.1 Å². The smallest absolute Gasteiger partial charge is 0.350 e. The lowest BCUT2D eigenvalue weighted by molar-refractivity contribution is -0.139. The summed E-state index contributed by atoms with van der Waals surface area (Å²) in [6.45, 7) is 3.74. The molecular formula is C18H23N3O7S3. The predicted molar refractivity (Wildman–Crippen MR) is 115 cm³/mol. The van der Waals surface area contributed by atoms with Gasteiger partial charge in [-0.1, -0.05) is 0 Å². The van der Waals surface area contributed by atoms with Gasteiger partial charge in [0.25, 0.3) is 0 Å². The average Bonchev–Trinajstić information content (AvgIpc) is 3.23. The van der Waals surface area contributed by atoms with Gasteiger partial charge < -0.3 is 20.1 Å². The van der Waals surface area contributed by atoms with Crippen molar-refractivity contribution in [3.05, 3.63) is 27.6 Å². The standard InChI is InChI=1S/C18H23N3O7S3/c1-3-27-16(22)14-11(2)19-18(24)20-12(14)10-28-17(23)15-13(4-7-30-15)31(25,26)21-5-8-29-9-6-21/h4,7,11H,3,5-6,8-10H2,1-2H3,(H2,19,20,24). The molecule has 1 fully saturated rings. The number of thiophene rings is 1. The van der Waals surface area contributed by atoms with E-state index in [0.717, 1.165) is 11.3 Å². The monoisotopic (exact) mass is 489 g/mol. The first kappa shape index (κ1) is 23.6. The molecule has 0 bridgehead atoms. The first-order chi connectivity index (χ1) is 14.8. The van der Waals surface area contributed by atoms with Gasteiger partial charge in [0.1, 0.15) is 16.4 Å². The number of ether oxygens (including phenoxy) is 2. The number of sulfonamides is 1. The Morgan fingerprint density at radius 3 is 2.61 bits per heavy atom. The molecule has 0 radical (unpaired) electrons. The van der Waals surface area contributed by atoms with Crippen LogP contribution in [-0.2, 0) is 24.3 Å². The highest BCUT2D eigenvalue weighted by Crippen LogP contribution is 2.28. The topological polar surface area (TPSA) is 131 Å². The van der Waals surface area contributed by atoms with Crippen molar-refractivity contribution in [3.63, 3.8) is 0 Å². The summed E-state index contributed by atoms with van der Waals surface area (Å²) in [5.41, 5.74) is 0.233. The molecular weight excluding hydrogens is 466 g/mol. The number of amides is 2. The Labute approximate surface area is 188 Å². The maximum Gasteiger partial charge on any atom is 0.350 e. The molecule has 1 aromatic rings. The fourth-order valence-electron chi connectivity index (χ4n) is 3.17. The molecule has 0 saturated carbocycles. The van der Waals surface area contributed by atoms with Gasteiger partial charge >= 0.3 is 18.0 Å². The lowest BCUT2D eigenvalue weighted by Gasteiger charge is -2.26. The van der Waals surface area contributed by atoms with Gasteiger partial charge in [0.05, 0.1) is 23.9 Å². The number of hydrogen-bond acceptors (Lipinski definition) is 9. The second-order valence-corrected chi connectivity index (χ2v) is 10.7. The highest BCUT2D eigenvalue weighted by atomic mass is 32.2. The van der Waals surface area contributed by atoms with Crippen molar-refractivity contribution in [2.75, 3.05) is 37.8 Å². The van der Waals surface area contributed by atoms with Gasteiger partial charge in [-0.05, 0) is 25.3 Å². The molecule has 10 nitrogen and oxygen atoms in total. The molecule has 2 aliphatic heterocycles. The summed E-state index contributed by atoms with van der Waals surface area (Å²) in [6.07, 6.45) is 0. The number of rotatable bonds is 7. The molecule has 0 spiro atoms. The summed E-state index contributed by atoms with van der Waals surface area (Å²) in [5, 5.41) is 6.52. The first-order valence-corrected chi connectivity index (χ1v) is 13.0. The molecule has 31 heavy (non-hydrogen) atoms. The molecule has 1 aromatic heterocycles. The second-order valence-electron chi connectivity index (χ2n) is 6.64.